The summed E-state index contributed by atoms with van der Waals surface area (Å²) in [5, 5.41) is 3.69. The van der Waals surface area contributed by atoms with Crippen LogP contribution in [-0.2, 0) is 26.5 Å². The van der Waals surface area contributed by atoms with Crippen LogP contribution in [0.15, 0.2) is 62.8 Å². The highest BCUT2D eigenvalue weighted by Gasteiger charge is 2.30. The van der Waals surface area contributed by atoms with Crippen LogP contribution < -0.4 is 9.03 Å². The van der Waals surface area contributed by atoms with Crippen LogP contribution in [0.5, 0.6) is 0 Å². The zero-order valence-electron chi connectivity index (χ0n) is 16.5. The second kappa shape index (κ2) is 7.44. The number of nitrogens with one attached hydrogen (secondary N) is 1. The first kappa shape index (κ1) is 20.4. The fraction of sp³-hybridized carbons (Fsp3) is 0.250. The number of benzene rings is 2. The van der Waals surface area contributed by atoms with E-state index in [1.807, 2.05) is 0 Å². The number of aryl methyl sites for hydroxylation is 3. The van der Waals surface area contributed by atoms with Gasteiger partial charge in [0.2, 0.25) is 0 Å². The van der Waals surface area contributed by atoms with Gasteiger partial charge in [-0.1, -0.05) is 23.4 Å². The first-order chi connectivity index (χ1) is 14.2. The standard InChI is InChI=1S/C20H21N3O5S2/c1-14-20(15(2)28-21-14)29(24,25)22-17-10-11-19-16(13-17)7-6-12-23(19)30(26,27)18-8-4-3-5-9-18/h3-5,8-11,13,22H,6-7,12H2,1-2H3. The summed E-state index contributed by atoms with van der Waals surface area (Å²) in [6.07, 6.45) is 1.29. The molecule has 1 aliphatic rings. The molecule has 0 fully saturated rings. The van der Waals surface area contributed by atoms with E-state index in [4.69, 9.17) is 4.52 Å². The maximum Gasteiger partial charge on any atom is 0.267 e. The molecule has 0 unspecified atom stereocenters. The molecule has 4 rings (SSSR count). The minimum Gasteiger partial charge on any atom is -0.360 e. The lowest BCUT2D eigenvalue weighted by Crippen LogP contribution is -2.35. The van der Waals surface area contributed by atoms with Crippen molar-refractivity contribution in [3.8, 4) is 0 Å². The van der Waals surface area contributed by atoms with Crippen LogP contribution in [-0.4, -0.2) is 28.5 Å². The van der Waals surface area contributed by atoms with E-state index in [0.29, 0.717) is 30.8 Å². The number of fused-ring (bicyclic) bond motifs is 1. The summed E-state index contributed by atoms with van der Waals surface area (Å²) in [6, 6.07) is 13.1. The third-order valence-corrected chi connectivity index (χ3v) is 8.43. The van der Waals surface area contributed by atoms with Crippen LogP contribution in [0, 0.1) is 13.8 Å². The SMILES string of the molecule is Cc1noc(C)c1S(=O)(=O)Nc1ccc2c(c1)CCCN2S(=O)(=O)c1ccccc1. The summed E-state index contributed by atoms with van der Waals surface area (Å²) in [7, 11) is -7.58. The molecule has 0 saturated heterocycles. The molecule has 10 heteroatoms. The van der Waals surface area contributed by atoms with E-state index in [1.165, 1.54) is 11.2 Å². The van der Waals surface area contributed by atoms with Gasteiger partial charge in [0.25, 0.3) is 20.0 Å². The first-order valence-corrected chi connectivity index (χ1v) is 12.3. The molecule has 2 aromatic carbocycles. The Kier molecular flexibility index (Phi) is 5.07. The summed E-state index contributed by atoms with van der Waals surface area (Å²) in [4.78, 5) is 0.231. The Balaban J connectivity index is 1.68. The minimum absolute atomic E-state index is 0.00787. The van der Waals surface area contributed by atoms with Crippen molar-refractivity contribution in [2.75, 3.05) is 15.6 Å². The van der Waals surface area contributed by atoms with Gasteiger partial charge in [-0.15, -0.1) is 0 Å². The Morgan fingerprint density at radius 2 is 1.77 bits per heavy atom. The minimum atomic E-state index is -3.88. The molecular formula is C20H21N3O5S2. The Bertz CT molecular complexity index is 1280. The van der Waals surface area contributed by atoms with E-state index < -0.39 is 20.0 Å². The molecule has 1 aliphatic heterocycles. The molecule has 0 bridgehead atoms. The highest BCUT2D eigenvalue weighted by atomic mass is 32.2. The largest absolute Gasteiger partial charge is 0.360 e. The van der Waals surface area contributed by atoms with Gasteiger partial charge in [-0.05, 0) is 62.6 Å². The van der Waals surface area contributed by atoms with Gasteiger partial charge < -0.3 is 4.52 Å². The molecule has 8 nitrogen and oxygen atoms in total. The van der Waals surface area contributed by atoms with Crippen molar-refractivity contribution in [1.29, 1.82) is 0 Å². The van der Waals surface area contributed by atoms with Crippen molar-refractivity contribution in [2.24, 2.45) is 0 Å². The van der Waals surface area contributed by atoms with Gasteiger partial charge in [-0.3, -0.25) is 9.03 Å². The predicted octanol–water partition coefficient (Wildman–Crippen LogP) is 3.23. The Labute approximate surface area is 175 Å². The zero-order valence-corrected chi connectivity index (χ0v) is 18.1. The molecule has 1 aromatic heterocycles. The van der Waals surface area contributed by atoms with E-state index in [9.17, 15) is 16.8 Å². The van der Waals surface area contributed by atoms with Gasteiger partial charge in [-0.2, -0.15) is 0 Å². The summed E-state index contributed by atoms with van der Waals surface area (Å²) < 4.78 is 60.6. The summed E-state index contributed by atoms with van der Waals surface area (Å²) in [5.74, 6) is 0.207. The number of rotatable bonds is 5. The van der Waals surface area contributed by atoms with Crippen molar-refractivity contribution in [1.82, 2.24) is 5.16 Å². The highest BCUT2D eigenvalue weighted by molar-refractivity contribution is 7.93. The fourth-order valence-corrected chi connectivity index (χ4v) is 6.60. The lowest BCUT2D eigenvalue weighted by atomic mass is 10.0. The molecule has 0 aliphatic carbocycles. The van der Waals surface area contributed by atoms with Gasteiger partial charge in [-0.25, -0.2) is 16.8 Å². The van der Waals surface area contributed by atoms with Crippen LogP contribution in [0.4, 0.5) is 11.4 Å². The van der Waals surface area contributed by atoms with Crippen molar-refractivity contribution < 1.29 is 21.4 Å². The Hall–Kier alpha value is -2.85. The van der Waals surface area contributed by atoms with Crippen molar-refractivity contribution in [3.05, 3.63) is 65.5 Å². The molecule has 2 heterocycles. The van der Waals surface area contributed by atoms with Crippen LogP contribution >= 0.6 is 0 Å². The fourth-order valence-electron chi connectivity index (χ4n) is 3.66. The highest BCUT2D eigenvalue weighted by Crippen LogP contribution is 2.34. The number of anilines is 2. The average molecular weight is 448 g/mol. The summed E-state index contributed by atoms with van der Waals surface area (Å²) >= 11 is 0. The van der Waals surface area contributed by atoms with Gasteiger partial charge >= 0.3 is 0 Å². The maximum atomic E-state index is 13.1. The Morgan fingerprint density at radius 3 is 2.43 bits per heavy atom. The summed E-state index contributed by atoms with van der Waals surface area (Å²) in [5.41, 5.74) is 1.95. The second-order valence-electron chi connectivity index (χ2n) is 7.10. The van der Waals surface area contributed by atoms with Crippen LogP contribution in [0.1, 0.15) is 23.4 Å². The Morgan fingerprint density at radius 1 is 1.03 bits per heavy atom. The summed E-state index contributed by atoms with van der Waals surface area (Å²) in [6.45, 7) is 3.46. The third-order valence-electron chi connectivity index (χ3n) is 4.98. The molecule has 0 saturated carbocycles. The lowest BCUT2D eigenvalue weighted by Gasteiger charge is -2.31. The van der Waals surface area contributed by atoms with E-state index >= 15 is 0 Å². The molecule has 0 spiro atoms. The quantitative estimate of drug-likeness (QED) is 0.643. The number of sulfonamides is 2. The van der Waals surface area contributed by atoms with Gasteiger partial charge in [0.05, 0.1) is 10.6 Å². The lowest BCUT2D eigenvalue weighted by molar-refractivity contribution is 0.390. The smallest absolute Gasteiger partial charge is 0.267 e. The van der Waals surface area contributed by atoms with Gasteiger partial charge in [0.15, 0.2) is 10.7 Å². The molecule has 0 radical (unpaired) electrons. The van der Waals surface area contributed by atoms with Crippen LogP contribution in [0.3, 0.4) is 0 Å². The van der Waals surface area contributed by atoms with Crippen LogP contribution in [0.25, 0.3) is 0 Å². The van der Waals surface area contributed by atoms with Gasteiger partial charge in [0.1, 0.15) is 5.69 Å². The van der Waals surface area contributed by atoms with Crippen molar-refractivity contribution in [2.45, 2.75) is 36.5 Å². The predicted molar refractivity (Wildman–Crippen MR) is 113 cm³/mol. The number of nitrogens with zero attached hydrogens (tertiary/aromatic N) is 2. The third kappa shape index (κ3) is 3.56. The molecule has 30 heavy (non-hydrogen) atoms. The molecule has 158 valence electrons. The van der Waals surface area contributed by atoms with Crippen molar-refractivity contribution in [3.63, 3.8) is 0 Å². The number of hydrogen-bond acceptors (Lipinski definition) is 6. The monoisotopic (exact) mass is 447 g/mol. The van der Waals surface area contributed by atoms with E-state index in [1.54, 1.807) is 55.5 Å². The zero-order chi connectivity index (χ0) is 21.5. The van der Waals surface area contributed by atoms with Crippen molar-refractivity contribution >= 4 is 31.4 Å². The molecule has 3 aromatic rings. The topological polar surface area (TPSA) is 110 Å². The van der Waals surface area contributed by atoms with E-state index in [2.05, 4.69) is 9.88 Å². The second-order valence-corrected chi connectivity index (χ2v) is 10.6. The molecule has 0 atom stereocenters. The van der Waals surface area contributed by atoms with E-state index in [-0.39, 0.29) is 21.2 Å². The maximum absolute atomic E-state index is 13.1. The normalized spacial score (nSPS) is 14.4. The van der Waals surface area contributed by atoms with Gasteiger partial charge in [0, 0.05) is 12.2 Å². The number of hydrogen-bond donors (Lipinski definition) is 1. The average Bonchev–Trinajstić information content (AvgIpc) is 3.06. The molecule has 1 N–H and O–H groups in total. The van der Waals surface area contributed by atoms with Crippen LogP contribution in [0.2, 0.25) is 0 Å². The first-order valence-electron chi connectivity index (χ1n) is 9.36. The molecule has 0 amide bonds. The number of aromatic nitrogens is 1. The molecular weight excluding hydrogens is 426 g/mol. The van der Waals surface area contributed by atoms with E-state index in [0.717, 1.165) is 5.56 Å².